The fourth-order valence-electron chi connectivity index (χ4n) is 3.50. The van der Waals surface area contributed by atoms with Crippen molar-refractivity contribution in [2.75, 3.05) is 32.7 Å². The van der Waals surface area contributed by atoms with Crippen molar-refractivity contribution < 1.29 is 9.53 Å². The predicted octanol–water partition coefficient (Wildman–Crippen LogP) is 2.85. The van der Waals surface area contributed by atoms with E-state index >= 15 is 0 Å². The Labute approximate surface area is 141 Å². The van der Waals surface area contributed by atoms with Crippen molar-refractivity contribution in [2.45, 2.75) is 77.5 Å². The molecule has 0 saturated carbocycles. The van der Waals surface area contributed by atoms with Gasteiger partial charge < -0.3 is 19.9 Å². The molecular weight excluding hydrogens is 290 g/mol. The van der Waals surface area contributed by atoms with Crippen LogP contribution in [0.2, 0.25) is 0 Å². The van der Waals surface area contributed by atoms with Crippen LogP contribution in [0.3, 0.4) is 0 Å². The maximum Gasteiger partial charge on any atom is 0.410 e. The lowest BCUT2D eigenvalue weighted by Crippen LogP contribution is -2.40. The molecular formula is C18H35N3O2. The maximum atomic E-state index is 12.0. The van der Waals surface area contributed by atoms with Gasteiger partial charge in [-0.2, -0.15) is 0 Å². The summed E-state index contributed by atoms with van der Waals surface area (Å²) in [7, 11) is 0. The Balaban J connectivity index is 1.59. The van der Waals surface area contributed by atoms with Gasteiger partial charge in [-0.1, -0.05) is 6.42 Å². The van der Waals surface area contributed by atoms with Crippen LogP contribution in [0.5, 0.6) is 0 Å². The van der Waals surface area contributed by atoms with Gasteiger partial charge in [0.15, 0.2) is 0 Å². The normalized spacial score (nSPS) is 26.5. The summed E-state index contributed by atoms with van der Waals surface area (Å²) in [6.07, 6.45) is 6.13. The van der Waals surface area contributed by atoms with E-state index in [1.807, 2.05) is 25.7 Å². The Morgan fingerprint density at radius 2 is 2.00 bits per heavy atom. The standard InChI is InChI=1S/C18H35N3O2/c1-15-8-5-6-11-20(15)12-7-10-19-16-9-13-21(14-16)17(22)23-18(2,3)4/h15-16,19H,5-14H2,1-4H3. The number of hydrogen-bond acceptors (Lipinski definition) is 4. The van der Waals surface area contributed by atoms with E-state index in [2.05, 4.69) is 17.1 Å². The first-order valence-electron chi connectivity index (χ1n) is 9.30. The SMILES string of the molecule is CC1CCCCN1CCCNC1CCN(C(=O)OC(C)(C)C)C1. The third-order valence-corrected chi connectivity index (χ3v) is 4.84. The van der Waals surface area contributed by atoms with Crippen LogP contribution < -0.4 is 5.32 Å². The van der Waals surface area contributed by atoms with Gasteiger partial charge in [-0.05, 0) is 73.0 Å². The molecule has 5 nitrogen and oxygen atoms in total. The minimum Gasteiger partial charge on any atom is -0.444 e. The van der Waals surface area contributed by atoms with E-state index in [1.54, 1.807) is 0 Å². The van der Waals surface area contributed by atoms with Gasteiger partial charge in [-0.15, -0.1) is 0 Å². The number of piperidine rings is 1. The van der Waals surface area contributed by atoms with Crippen LogP contribution in [0, 0.1) is 0 Å². The molecule has 0 spiro atoms. The number of hydrogen-bond donors (Lipinski definition) is 1. The predicted molar refractivity (Wildman–Crippen MR) is 93.7 cm³/mol. The minimum absolute atomic E-state index is 0.177. The summed E-state index contributed by atoms with van der Waals surface area (Å²) in [5.74, 6) is 0. The van der Waals surface area contributed by atoms with E-state index in [1.165, 1.54) is 38.8 Å². The third-order valence-electron chi connectivity index (χ3n) is 4.84. The molecule has 1 amide bonds. The second kappa shape index (κ2) is 8.34. The zero-order chi connectivity index (χ0) is 16.9. The van der Waals surface area contributed by atoms with Gasteiger partial charge in [0.25, 0.3) is 0 Å². The van der Waals surface area contributed by atoms with Crippen LogP contribution in [-0.4, -0.2) is 66.3 Å². The second-order valence-corrected chi connectivity index (χ2v) is 8.10. The van der Waals surface area contributed by atoms with Gasteiger partial charge in [-0.3, -0.25) is 0 Å². The highest BCUT2D eigenvalue weighted by Gasteiger charge is 2.29. The van der Waals surface area contributed by atoms with E-state index < -0.39 is 5.60 Å². The van der Waals surface area contributed by atoms with Gasteiger partial charge in [0.1, 0.15) is 5.60 Å². The van der Waals surface area contributed by atoms with Gasteiger partial charge >= 0.3 is 6.09 Å². The van der Waals surface area contributed by atoms with Crippen molar-refractivity contribution >= 4 is 6.09 Å². The summed E-state index contributed by atoms with van der Waals surface area (Å²) in [6, 6.07) is 1.17. The molecule has 2 atom stereocenters. The van der Waals surface area contributed by atoms with Crippen molar-refractivity contribution in [2.24, 2.45) is 0 Å². The maximum absolute atomic E-state index is 12.0. The molecule has 5 heteroatoms. The molecule has 2 aliphatic heterocycles. The highest BCUT2D eigenvalue weighted by Crippen LogP contribution is 2.17. The Kier molecular flexibility index (Phi) is 6.72. The van der Waals surface area contributed by atoms with Crippen LogP contribution in [-0.2, 0) is 4.74 Å². The van der Waals surface area contributed by atoms with Crippen LogP contribution in [0.15, 0.2) is 0 Å². The van der Waals surface area contributed by atoms with E-state index in [0.717, 1.165) is 32.1 Å². The summed E-state index contributed by atoms with van der Waals surface area (Å²) in [4.78, 5) is 16.5. The molecule has 2 fully saturated rings. The van der Waals surface area contributed by atoms with Crippen LogP contribution in [0.4, 0.5) is 4.79 Å². The smallest absolute Gasteiger partial charge is 0.410 e. The number of nitrogens with one attached hydrogen (secondary N) is 1. The summed E-state index contributed by atoms with van der Waals surface area (Å²) in [5, 5.41) is 3.61. The molecule has 2 unspecified atom stereocenters. The number of carbonyl (C=O) groups excluding carboxylic acids is 1. The number of ether oxygens (including phenoxy) is 1. The number of nitrogens with zero attached hydrogens (tertiary/aromatic N) is 2. The van der Waals surface area contributed by atoms with Gasteiger partial charge in [-0.25, -0.2) is 4.79 Å². The largest absolute Gasteiger partial charge is 0.444 e. The zero-order valence-corrected chi connectivity index (χ0v) is 15.4. The molecule has 134 valence electrons. The molecule has 0 aliphatic carbocycles. The lowest BCUT2D eigenvalue weighted by atomic mass is 10.0. The van der Waals surface area contributed by atoms with E-state index in [0.29, 0.717) is 6.04 Å². The quantitative estimate of drug-likeness (QED) is 0.790. The molecule has 2 saturated heterocycles. The van der Waals surface area contributed by atoms with E-state index in [4.69, 9.17) is 4.74 Å². The summed E-state index contributed by atoms with van der Waals surface area (Å²) >= 11 is 0. The first-order valence-corrected chi connectivity index (χ1v) is 9.30. The zero-order valence-electron chi connectivity index (χ0n) is 15.4. The molecule has 23 heavy (non-hydrogen) atoms. The third kappa shape index (κ3) is 6.30. The number of rotatable bonds is 5. The molecule has 2 aliphatic rings. The molecule has 0 aromatic heterocycles. The van der Waals surface area contributed by atoms with Crippen LogP contribution in [0.25, 0.3) is 0 Å². The highest BCUT2D eigenvalue weighted by molar-refractivity contribution is 5.68. The number of carbonyl (C=O) groups is 1. The van der Waals surface area contributed by atoms with Crippen molar-refractivity contribution in [3.63, 3.8) is 0 Å². The van der Waals surface area contributed by atoms with Crippen molar-refractivity contribution in [3.8, 4) is 0 Å². The average molecular weight is 325 g/mol. The second-order valence-electron chi connectivity index (χ2n) is 8.10. The molecule has 2 rings (SSSR count). The van der Waals surface area contributed by atoms with Crippen molar-refractivity contribution in [1.82, 2.24) is 15.1 Å². The minimum atomic E-state index is -0.409. The Hall–Kier alpha value is -0.810. The summed E-state index contributed by atoms with van der Waals surface area (Å²) < 4.78 is 5.44. The molecule has 2 heterocycles. The topological polar surface area (TPSA) is 44.8 Å². The monoisotopic (exact) mass is 325 g/mol. The van der Waals surface area contributed by atoms with Crippen LogP contribution >= 0.6 is 0 Å². The Morgan fingerprint density at radius 1 is 1.22 bits per heavy atom. The van der Waals surface area contributed by atoms with Gasteiger partial charge in [0.2, 0.25) is 0 Å². The lowest BCUT2D eigenvalue weighted by Gasteiger charge is -2.33. The highest BCUT2D eigenvalue weighted by atomic mass is 16.6. The summed E-state index contributed by atoms with van der Waals surface area (Å²) in [6.45, 7) is 13.2. The Morgan fingerprint density at radius 3 is 2.70 bits per heavy atom. The van der Waals surface area contributed by atoms with Crippen LogP contribution in [0.1, 0.15) is 59.8 Å². The fraction of sp³-hybridized carbons (Fsp3) is 0.944. The molecule has 0 aromatic rings. The molecule has 0 aromatic carbocycles. The Bertz CT molecular complexity index is 381. The van der Waals surface area contributed by atoms with Crippen molar-refractivity contribution in [3.05, 3.63) is 0 Å². The number of amides is 1. The van der Waals surface area contributed by atoms with E-state index in [-0.39, 0.29) is 6.09 Å². The fourth-order valence-corrected chi connectivity index (χ4v) is 3.50. The lowest BCUT2D eigenvalue weighted by molar-refractivity contribution is 0.0291. The van der Waals surface area contributed by atoms with Gasteiger partial charge in [0.05, 0.1) is 0 Å². The molecule has 0 radical (unpaired) electrons. The first kappa shape index (κ1) is 18.5. The van der Waals surface area contributed by atoms with E-state index in [9.17, 15) is 4.79 Å². The molecule has 0 bridgehead atoms. The number of likely N-dealkylation sites (tertiary alicyclic amines) is 2. The average Bonchev–Trinajstić information content (AvgIpc) is 2.92. The first-order chi connectivity index (χ1) is 10.8. The summed E-state index contributed by atoms with van der Waals surface area (Å²) in [5.41, 5.74) is -0.409. The molecule has 1 N–H and O–H groups in total. The van der Waals surface area contributed by atoms with Crippen molar-refractivity contribution in [1.29, 1.82) is 0 Å². The van der Waals surface area contributed by atoms with Gasteiger partial charge in [0, 0.05) is 25.2 Å².